The first-order valence-electron chi connectivity index (χ1n) is 9.41. The molecular weight excluding hydrogens is 340 g/mol. The van der Waals surface area contributed by atoms with Crippen LogP contribution in [0.2, 0.25) is 0 Å². The summed E-state index contributed by atoms with van der Waals surface area (Å²) in [6.45, 7) is 2.98. The Morgan fingerprint density at radius 1 is 0.889 bits per heavy atom. The van der Waals surface area contributed by atoms with Gasteiger partial charge < -0.3 is 9.30 Å². The smallest absolute Gasteiger partial charge is 0.240 e. The Kier molecular flexibility index (Phi) is 2.85. The van der Waals surface area contributed by atoms with E-state index in [2.05, 4.69) is 23.6 Å². The Balaban J connectivity index is 1.52. The third-order valence-corrected chi connectivity index (χ3v) is 6.24. The molecule has 2 aromatic carbocycles. The van der Waals surface area contributed by atoms with Crippen LogP contribution in [0.25, 0.3) is 21.8 Å². The monoisotopic (exact) mass is 358 g/mol. The lowest BCUT2D eigenvalue weighted by molar-refractivity contribution is -0.124. The fourth-order valence-electron chi connectivity index (χ4n) is 5.08. The van der Waals surface area contributed by atoms with Gasteiger partial charge in [-0.25, -0.2) is 4.90 Å². The number of nitrogens with zero attached hydrogens (tertiary/aromatic N) is 2. The van der Waals surface area contributed by atoms with Gasteiger partial charge in [-0.15, -0.1) is 0 Å². The number of carbonyl (C=O) groups is 2. The molecule has 2 amide bonds. The van der Waals surface area contributed by atoms with Crippen molar-refractivity contribution in [1.82, 2.24) is 4.57 Å². The van der Waals surface area contributed by atoms with Gasteiger partial charge in [-0.1, -0.05) is 30.4 Å². The molecule has 5 nitrogen and oxygen atoms in total. The number of imide groups is 1. The predicted octanol–water partition coefficient (Wildman–Crippen LogP) is 3.26. The second-order valence-corrected chi connectivity index (χ2v) is 7.48. The van der Waals surface area contributed by atoms with Crippen LogP contribution in [-0.4, -0.2) is 28.6 Å². The lowest BCUT2D eigenvalue weighted by Crippen LogP contribution is -2.34. The lowest BCUT2D eigenvalue weighted by atomic mass is 9.85. The number of hydrogen-bond donors (Lipinski definition) is 0. The molecule has 5 heteroatoms. The van der Waals surface area contributed by atoms with Gasteiger partial charge in [-0.05, 0) is 31.2 Å². The zero-order valence-corrected chi connectivity index (χ0v) is 14.8. The first-order chi connectivity index (χ1) is 13.2. The third kappa shape index (κ3) is 1.77. The molecule has 0 aliphatic carbocycles. The van der Waals surface area contributed by atoms with Crippen LogP contribution in [0.3, 0.4) is 0 Å². The summed E-state index contributed by atoms with van der Waals surface area (Å²) in [5, 5.41) is 2.21. The maximum atomic E-state index is 13.0. The summed E-state index contributed by atoms with van der Waals surface area (Å²) in [5.74, 6) is -1.03. The van der Waals surface area contributed by atoms with Crippen LogP contribution in [0.15, 0.2) is 54.6 Å². The van der Waals surface area contributed by atoms with Crippen LogP contribution in [0, 0.1) is 11.8 Å². The van der Waals surface area contributed by atoms with E-state index in [1.165, 1.54) is 10.4 Å². The fourth-order valence-corrected chi connectivity index (χ4v) is 5.08. The zero-order chi connectivity index (χ0) is 18.3. The van der Waals surface area contributed by atoms with Crippen molar-refractivity contribution in [3.8, 4) is 0 Å². The summed E-state index contributed by atoms with van der Waals surface area (Å²) in [7, 11) is 0. The summed E-state index contributed by atoms with van der Waals surface area (Å²) in [6, 6.07) is 14.1. The molecule has 0 radical (unpaired) electrons. The minimum absolute atomic E-state index is 0.138. The molecule has 3 aliphatic rings. The number of hydrogen-bond acceptors (Lipinski definition) is 3. The molecule has 27 heavy (non-hydrogen) atoms. The topological polar surface area (TPSA) is 51.5 Å². The van der Waals surface area contributed by atoms with Gasteiger partial charge >= 0.3 is 0 Å². The molecule has 3 aromatic rings. The van der Waals surface area contributed by atoms with E-state index in [0.717, 1.165) is 22.8 Å². The van der Waals surface area contributed by atoms with Crippen molar-refractivity contribution in [1.29, 1.82) is 0 Å². The second-order valence-electron chi connectivity index (χ2n) is 7.48. The first kappa shape index (κ1) is 15.2. The second kappa shape index (κ2) is 5.08. The number of ether oxygens (including phenoxy) is 1. The lowest BCUT2D eigenvalue weighted by Gasteiger charge is -2.18. The molecular formula is C22H18N2O3. The molecule has 4 atom stereocenters. The van der Waals surface area contributed by atoms with Crippen molar-refractivity contribution in [2.75, 3.05) is 4.90 Å². The van der Waals surface area contributed by atoms with Crippen LogP contribution in [0.1, 0.15) is 6.92 Å². The minimum Gasteiger partial charge on any atom is -0.365 e. The van der Waals surface area contributed by atoms with Crippen LogP contribution < -0.4 is 4.90 Å². The highest BCUT2D eigenvalue weighted by atomic mass is 16.5. The molecule has 2 unspecified atom stereocenters. The molecule has 134 valence electrons. The number of fused-ring (bicyclic) bond motifs is 8. The van der Waals surface area contributed by atoms with Gasteiger partial charge in [-0.2, -0.15) is 0 Å². The number of para-hydroxylation sites is 1. The minimum atomic E-state index is -0.375. The zero-order valence-electron chi connectivity index (χ0n) is 14.8. The molecule has 6 rings (SSSR count). The number of carbonyl (C=O) groups excluding carboxylic acids is 2. The molecule has 4 heterocycles. The quantitative estimate of drug-likeness (QED) is 0.522. The number of aromatic nitrogens is 1. The SMILES string of the molecule is CCn1c2ccccc2c2cc(N3C(=O)[C@@H]4C5C=CC(O5)[C@@H]4C3=O)ccc21. The molecule has 0 N–H and O–H groups in total. The van der Waals surface area contributed by atoms with Crippen molar-refractivity contribution >= 4 is 39.3 Å². The van der Waals surface area contributed by atoms with Gasteiger partial charge in [0.1, 0.15) is 0 Å². The van der Waals surface area contributed by atoms with E-state index in [0.29, 0.717) is 5.69 Å². The van der Waals surface area contributed by atoms with Crippen LogP contribution >= 0.6 is 0 Å². The number of amides is 2. The largest absolute Gasteiger partial charge is 0.365 e. The van der Waals surface area contributed by atoms with Gasteiger partial charge in [0.2, 0.25) is 11.8 Å². The number of rotatable bonds is 2. The summed E-state index contributed by atoms with van der Waals surface area (Å²) < 4.78 is 7.99. The molecule has 0 spiro atoms. The van der Waals surface area contributed by atoms with E-state index in [1.807, 2.05) is 42.5 Å². The van der Waals surface area contributed by atoms with Crippen molar-refractivity contribution in [2.24, 2.45) is 11.8 Å². The van der Waals surface area contributed by atoms with Crippen LogP contribution in [0.5, 0.6) is 0 Å². The Bertz CT molecular complexity index is 1140. The number of anilines is 1. The maximum absolute atomic E-state index is 13.0. The van der Waals surface area contributed by atoms with E-state index >= 15 is 0 Å². The number of benzene rings is 2. The van der Waals surface area contributed by atoms with Gasteiger partial charge in [0.25, 0.3) is 0 Å². The van der Waals surface area contributed by atoms with E-state index in [9.17, 15) is 9.59 Å². The predicted molar refractivity (Wildman–Crippen MR) is 102 cm³/mol. The van der Waals surface area contributed by atoms with Gasteiger partial charge in [-0.3, -0.25) is 9.59 Å². The van der Waals surface area contributed by atoms with Crippen molar-refractivity contribution in [2.45, 2.75) is 25.7 Å². The molecule has 2 bridgehead atoms. The molecule has 3 aliphatic heterocycles. The van der Waals surface area contributed by atoms with E-state index in [1.54, 1.807) is 0 Å². The van der Waals surface area contributed by atoms with Crippen molar-refractivity contribution < 1.29 is 14.3 Å². The molecule has 1 aromatic heterocycles. The van der Waals surface area contributed by atoms with Crippen LogP contribution in [-0.2, 0) is 20.9 Å². The normalized spacial score (nSPS) is 28.9. The van der Waals surface area contributed by atoms with E-state index in [4.69, 9.17) is 4.74 Å². The summed E-state index contributed by atoms with van der Waals surface area (Å²) in [6.07, 6.45) is 3.32. The average Bonchev–Trinajstić information content (AvgIpc) is 3.43. The van der Waals surface area contributed by atoms with Gasteiger partial charge in [0.15, 0.2) is 0 Å². The third-order valence-electron chi connectivity index (χ3n) is 6.24. The number of aryl methyl sites for hydroxylation is 1. The Labute approximate surface area is 155 Å². The van der Waals surface area contributed by atoms with Crippen molar-refractivity contribution in [3.63, 3.8) is 0 Å². The summed E-state index contributed by atoms with van der Waals surface area (Å²) in [4.78, 5) is 27.4. The highest BCUT2D eigenvalue weighted by Crippen LogP contribution is 2.46. The summed E-state index contributed by atoms with van der Waals surface area (Å²) in [5.41, 5.74) is 2.94. The van der Waals surface area contributed by atoms with Crippen LogP contribution in [0.4, 0.5) is 5.69 Å². The fraction of sp³-hybridized carbons (Fsp3) is 0.273. The molecule has 0 saturated carbocycles. The van der Waals surface area contributed by atoms with E-state index < -0.39 is 0 Å². The highest BCUT2D eigenvalue weighted by molar-refractivity contribution is 6.24. The Hall–Kier alpha value is -2.92. The Morgan fingerprint density at radius 2 is 1.56 bits per heavy atom. The maximum Gasteiger partial charge on any atom is 0.240 e. The average molecular weight is 358 g/mol. The van der Waals surface area contributed by atoms with Gasteiger partial charge in [0, 0.05) is 28.4 Å². The Morgan fingerprint density at radius 3 is 2.26 bits per heavy atom. The first-order valence-corrected chi connectivity index (χ1v) is 9.41. The highest BCUT2D eigenvalue weighted by Gasteiger charge is 2.61. The molecule has 2 saturated heterocycles. The van der Waals surface area contributed by atoms with Crippen molar-refractivity contribution in [3.05, 3.63) is 54.6 Å². The van der Waals surface area contributed by atoms with E-state index in [-0.39, 0.29) is 35.9 Å². The standard InChI is InChI=1S/C22H18N2O3/c1-2-23-15-6-4-3-5-13(15)14-11-12(7-8-16(14)23)24-21(25)19-17-9-10-18(27-17)20(19)22(24)26/h3-11,17-20H,2H2,1H3/t17?,18?,19-,20+. The summed E-state index contributed by atoms with van der Waals surface area (Å²) >= 11 is 0. The van der Waals surface area contributed by atoms with Gasteiger partial charge in [0.05, 0.1) is 29.7 Å². The molecule has 2 fully saturated rings.